The summed E-state index contributed by atoms with van der Waals surface area (Å²) in [5, 5.41) is 48.7. The van der Waals surface area contributed by atoms with Gasteiger partial charge in [0.2, 0.25) is 0 Å². The number of carbonyl (C=O) groups is 4. The van der Waals surface area contributed by atoms with Gasteiger partial charge in [0, 0.05) is 141 Å². The summed E-state index contributed by atoms with van der Waals surface area (Å²) in [4.78, 5) is 95.8. The van der Waals surface area contributed by atoms with Crippen LogP contribution >= 0.6 is 0 Å². The lowest BCUT2D eigenvalue weighted by atomic mass is 9.74. The van der Waals surface area contributed by atoms with Gasteiger partial charge in [-0.05, 0) is 284 Å². The number of nitrogens with zero attached hydrogens (tertiary/aromatic N) is 10. The van der Waals surface area contributed by atoms with Gasteiger partial charge < -0.3 is 75.8 Å². The van der Waals surface area contributed by atoms with Gasteiger partial charge in [-0.2, -0.15) is 5.26 Å². The van der Waals surface area contributed by atoms with Crippen LogP contribution in [0.1, 0.15) is 359 Å². The molecule has 770 valence electrons. The number of ether oxygens (including phenoxy) is 3. The second kappa shape index (κ2) is 46.5. The highest BCUT2D eigenvalue weighted by molar-refractivity contribution is 6.06. The minimum absolute atomic E-state index is 0.0195. The van der Waals surface area contributed by atoms with Gasteiger partial charge >= 0.3 is 0 Å². The van der Waals surface area contributed by atoms with Crippen LogP contribution in [0.25, 0.3) is 22.3 Å². The zero-order chi connectivity index (χ0) is 102. The zero-order valence-electron chi connectivity index (χ0n) is 87.5. The number of H-pyrrole nitrogens is 4. The Morgan fingerprint density at radius 2 is 0.854 bits per heavy atom. The standard InChI is InChI=1S/C30H40N6O.C29H37N5O3.C29H40N4O3.C28H40N4O2/c1-5-23-21-31-27(32-23)28(37)33-24-9-10-25(34-26(24)22-11-15-29(3,4)16-12-22)30(13-7-8-14-30)36-19-17-35(6-2)18-20-36;1-28(2)9-5-20(6-10-28)24-17-21(3-4-25(24)33-27(35)26-31-19-22(18-30)32-26)29(36)11-7-23(8-12-29)34-13-15-37-16-14-34;1-20-19-30-26(31-20)27(34)32-25-5-4-22(18-24(25)21-6-10-28(2,3)11-7-21)29(35)12-8-23(9-13-29)33-14-16-36-17-15-33;1-20-19-29-25(31-20)26(33)32-24-9-8-22(18-23(24)21-10-14-27(2,3)15-11-21)28(30-16-17-34-4)12-6-5-7-13-28/h1,9-11,21H,6-8,12-20H2,2-4H3,(H,31,32)(H,33,37);3-5,17,19,23,36H,6-16H2,1-2H3,(H,31,32)(H,33,35);4-6,18-19,23,35H,7-17H2,1-3H3,(H,30,31)(H,32,34);8-10,18-19,30H,5-7,11-17H2,1-4H3,(H,29,31)(H,32,33). The van der Waals surface area contributed by atoms with E-state index < -0.39 is 17.1 Å². The number of benzene rings is 3. The number of nitriles is 1. The average Bonchev–Trinajstić information content (AvgIpc) is 1.55. The van der Waals surface area contributed by atoms with Crippen molar-refractivity contribution in [2.45, 2.75) is 297 Å². The maximum atomic E-state index is 13.1. The molecule has 0 spiro atoms. The Kier molecular flexibility index (Phi) is 34.2. The molecule has 8 aromatic rings. The summed E-state index contributed by atoms with van der Waals surface area (Å²) in [5.74, 6) is 2.30. The maximum absolute atomic E-state index is 13.1. The Balaban J connectivity index is 0.000000138. The molecule has 19 rings (SSSR count). The first-order valence-corrected chi connectivity index (χ1v) is 53.4. The predicted molar refractivity (Wildman–Crippen MR) is 570 cm³/mol. The Morgan fingerprint density at radius 3 is 1.24 bits per heavy atom. The van der Waals surface area contributed by atoms with Crippen molar-refractivity contribution in [2.75, 3.05) is 127 Å². The number of morpholine rings is 2. The molecule has 8 aliphatic carbocycles. The van der Waals surface area contributed by atoms with E-state index in [1.807, 2.05) is 44.2 Å². The summed E-state index contributed by atoms with van der Waals surface area (Å²) in [5.41, 5.74) is 18.2. The molecule has 28 nitrogen and oxygen atoms in total. The van der Waals surface area contributed by atoms with Crippen molar-refractivity contribution in [3.8, 4) is 18.4 Å². The van der Waals surface area contributed by atoms with Crippen LogP contribution < -0.4 is 26.6 Å². The third kappa shape index (κ3) is 26.0. The van der Waals surface area contributed by atoms with Crippen LogP contribution in [0.4, 0.5) is 22.7 Å². The number of hydrogen-bond donors (Lipinski definition) is 11. The summed E-state index contributed by atoms with van der Waals surface area (Å²) >= 11 is 0. The van der Waals surface area contributed by atoms with E-state index in [0.29, 0.717) is 47.1 Å². The second-order valence-corrected chi connectivity index (χ2v) is 45.5. The molecule has 144 heavy (non-hydrogen) atoms. The number of allylic oxidation sites excluding steroid dienone is 8. The van der Waals surface area contributed by atoms with Crippen molar-refractivity contribution in [1.29, 1.82) is 5.26 Å². The largest absolute Gasteiger partial charge is 0.385 e. The molecule has 28 heteroatoms. The van der Waals surface area contributed by atoms with Gasteiger partial charge in [-0.1, -0.05) is 143 Å². The monoisotopic (exact) mass is 1960 g/mol. The number of terminal acetylenes is 1. The zero-order valence-corrected chi connectivity index (χ0v) is 87.5. The van der Waals surface area contributed by atoms with E-state index in [-0.39, 0.29) is 62.4 Å². The fourth-order valence-corrected chi connectivity index (χ4v) is 23.4. The lowest BCUT2D eigenvalue weighted by Crippen LogP contribution is -2.54. The van der Waals surface area contributed by atoms with E-state index in [1.165, 1.54) is 72.4 Å². The molecule has 4 saturated carbocycles. The molecule has 0 radical (unpaired) electrons. The fourth-order valence-electron chi connectivity index (χ4n) is 23.4. The number of amides is 4. The highest BCUT2D eigenvalue weighted by Crippen LogP contribution is 2.51. The smallest absolute Gasteiger partial charge is 0.291 e. The first-order valence-electron chi connectivity index (χ1n) is 53.4. The number of piperazine rings is 1. The second-order valence-electron chi connectivity index (χ2n) is 45.5. The molecule has 0 atom stereocenters. The summed E-state index contributed by atoms with van der Waals surface area (Å²) in [6.07, 6.45) is 50.8. The van der Waals surface area contributed by atoms with E-state index in [0.717, 1.165) is 314 Å². The summed E-state index contributed by atoms with van der Waals surface area (Å²) < 4.78 is 16.4. The number of aliphatic hydroxyl groups is 2. The Labute approximate surface area is 852 Å². The number of aryl methyl sites for hydroxylation is 2. The van der Waals surface area contributed by atoms with E-state index in [9.17, 15) is 29.4 Å². The van der Waals surface area contributed by atoms with Gasteiger partial charge in [-0.3, -0.25) is 33.9 Å². The molecule has 3 aliphatic heterocycles. The molecule has 7 fully saturated rings. The highest BCUT2D eigenvalue weighted by atomic mass is 16.5. The quantitative estimate of drug-likeness (QED) is 0.0198. The maximum Gasteiger partial charge on any atom is 0.291 e. The Bertz CT molecular complexity index is 6010. The van der Waals surface area contributed by atoms with E-state index >= 15 is 0 Å². The highest BCUT2D eigenvalue weighted by Gasteiger charge is 2.46. The molecule has 3 aromatic carbocycles. The fraction of sp³-hybridized carbons (Fsp3) is 0.569. The van der Waals surface area contributed by atoms with Crippen LogP contribution in [0, 0.1) is 59.2 Å². The Hall–Kier alpha value is -10.9. The SMILES string of the molecule is C#Cc1cnc(C(=O)Nc2ccc(C3(N4CCN(CC)CC4)CCCC3)nc2C2=CCC(C)(C)CC2)[nH]1.CC1(C)CC=C(c2cc(C3(O)CCC(N4CCOCC4)CC3)ccc2NC(=O)c2ncc(C#N)[nH]2)CC1.COCCNC1(c2ccc(NC(=O)c3ncc(C)[nH]3)c(C3=CCC(C)(C)CC3)c2)CCCCC1.Cc1cnc(C(=O)Nc2ccc(C3(O)CCC(N4CCOCC4)CC3)cc2C2=CCC(C)(C)CC2)[nH]1. The van der Waals surface area contributed by atoms with Gasteiger partial charge in [-0.15, -0.1) is 6.42 Å². The molecule has 8 heterocycles. The molecule has 0 bridgehead atoms. The van der Waals surface area contributed by atoms with E-state index in [1.54, 1.807) is 19.5 Å². The minimum atomic E-state index is -0.878. The van der Waals surface area contributed by atoms with Crippen LogP contribution in [0.3, 0.4) is 0 Å². The van der Waals surface area contributed by atoms with Gasteiger partial charge in [0.15, 0.2) is 23.3 Å². The number of aromatic nitrogens is 9. The number of anilines is 4. The lowest BCUT2D eigenvalue weighted by molar-refractivity contribution is -0.0449. The molecular formula is C116H157N19O9. The van der Waals surface area contributed by atoms with Gasteiger partial charge in [0.25, 0.3) is 23.6 Å². The first-order chi connectivity index (χ1) is 69.1. The number of aromatic amines is 4. The van der Waals surface area contributed by atoms with Crippen molar-refractivity contribution in [1.82, 2.24) is 69.8 Å². The van der Waals surface area contributed by atoms with Crippen molar-refractivity contribution in [3.05, 3.63) is 207 Å². The number of imidazole rings is 4. The van der Waals surface area contributed by atoms with E-state index in [2.05, 4.69) is 221 Å². The number of methoxy groups -OCH3 is 1. The summed E-state index contributed by atoms with van der Waals surface area (Å²) in [6, 6.07) is 25.8. The summed E-state index contributed by atoms with van der Waals surface area (Å²) in [7, 11) is 1.75. The van der Waals surface area contributed by atoms with Crippen molar-refractivity contribution in [2.24, 2.45) is 21.7 Å². The first kappa shape index (κ1) is 106. The molecule has 0 unspecified atom stereocenters. The molecule has 3 saturated heterocycles. The molecule has 4 amide bonds. The third-order valence-corrected chi connectivity index (χ3v) is 33.0. The number of likely N-dealkylation sites (N-methyl/N-ethyl adjacent to an activating group) is 1. The molecular weight excluding hydrogens is 1800 g/mol. The van der Waals surface area contributed by atoms with Crippen molar-refractivity contribution in [3.63, 3.8) is 0 Å². The average molecular weight is 1960 g/mol. The van der Waals surface area contributed by atoms with Crippen LogP contribution in [-0.2, 0) is 36.5 Å². The lowest BCUT2D eigenvalue weighted by Gasteiger charge is -2.46. The van der Waals surface area contributed by atoms with Crippen LogP contribution in [0.5, 0.6) is 0 Å². The number of pyridine rings is 1. The van der Waals surface area contributed by atoms with Gasteiger partial charge in [-0.25, -0.2) is 24.9 Å². The number of rotatable bonds is 24. The van der Waals surface area contributed by atoms with Crippen LogP contribution in [0.15, 0.2) is 116 Å². The number of hydrogen-bond acceptors (Lipinski definition) is 20. The van der Waals surface area contributed by atoms with Gasteiger partial charge in [0.05, 0.1) is 79.2 Å². The number of carbonyl (C=O) groups excluding carboxylic acids is 4. The third-order valence-electron chi connectivity index (χ3n) is 33.0. The topological polar surface area (TPSA) is 361 Å². The van der Waals surface area contributed by atoms with Gasteiger partial charge in [0.1, 0.15) is 17.5 Å². The number of nitrogens with one attached hydrogen (secondary N) is 9. The van der Waals surface area contributed by atoms with Crippen LogP contribution in [-0.4, -0.2) is 216 Å². The van der Waals surface area contributed by atoms with Crippen molar-refractivity contribution >= 4 is 68.7 Å². The minimum Gasteiger partial charge on any atom is -0.385 e. The Morgan fingerprint density at radius 1 is 0.472 bits per heavy atom. The summed E-state index contributed by atoms with van der Waals surface area (Å²) in [6.45, 7) is 38.6. The molecule has 5 aromatic heterocycles. The normalized spacial score (nSPS) is 23.7. The van der Waals surface area contributed by atoms with Crippen LogP contribution in [0.2, 0.25) is 0 Å². The molecule has 11 aliphatic rings. The van der Waals surface area contributed by atoms with Crippen molar-refractivity contribution < 1.29 is 43.6 Å². The molecule has 11 N–H and O–H groups in total. The van der Waals surface area contributed by atoms with E-state index in [4.69, 9.17) is 30.9 Å². The predicted octanol–water partition coefficient (Wildman–Crippen LogP) is 20.6.